The lowest BCUT2D eigenvalue weighted by Gasteiger charge is -2.08. The van der Waals surface area contributed by atoms with Crippen LogP contribution >= 0.6 is 0 Å². The van der Waals surface area contributed by atoms with Gasteiger partial charge < -0.3 is 10.0 Å². The summed E-state index contributed by atoms with van der Waals surface area (Å²) in [7, 11) is 4.31. The quantitative estimate of drug-likeness (QED) is 0.476. The number of carbonyl (C=O) groups is 1. The molecule has 108 valence electrons. The van der Waals surface area contributed by atoms with Gasteiger partial charge in [-0.25, -0.2) is 4.79 Å². The standard InChI is InChI=1S/C12H27N.C3H4O2/c1-4-5-6-7-8-9-10-11-12-13(2)3;1-2-3(4)5/h4-12H2,1-3H3;2H,1H2,(H,4,5). The second kappa shape index (κ2) is 16.2. The fraction of sp³-hybridized carbons (Fsp3) is 0.800. The van der Waals surface area contributed by atoms with E-state index in [1.165, 1.54) is 57.9 Å². The highest BCUT2D eigenvalue weighted by Crippen LogP contribution is 2.08. The lowest BCUT2D eigenvalue weighted by Crippen LogP contribution is -2.12. The van der Waals surface area contributed by atoms with Crippen molar-refractivity contribution in [2.24, 2.45) is 0 Å². The monoisotopic (exact) mass is 257 g/mol. The Hall–Kier alpha value is -0.830. The Bertz CT molecular complexity index is 191. The van der Waals surface area contributed by atoms with E-state index < -0.39 is 5.97 Å². The molecule has 0 rings (SSSR count). The third kappa shape index (κ3) is 24.4. The Morgan fingerprint density at radius 2 is 1.44 bits per heavy atom. The molecule has 0 aliphatic heterocycles. The van der Waals surface area contributed by atoms with Crippen LogP contribution in [0.1, 0.15) is 58.3 Å². The lowest BCUT2D eigenvalue weighted by molar-refractivity contribution is -0.131. The zero-order valence-corrected chi connectivity index (χ0v) is 12.5. The summed E-state index contributed by atoms with van der Waals surface area (Å²) in [5.41, 5.74) is 0. The van der Waals surface area contributed by atoms with Crippen molar-refractivity contribution in [3.63, 3.8) is 0 Å². The average molecular weight is 257 g/mol. The molecule has 0 spiro atoms. The molecule has 0 radical (unpaired) electrons. The Balaban J connectivity index is 0. The highest BCUT2D eigenvalue weighted by atomic mass is 16.4. The van der Waals surface area contributed by atoms with Crippen molar-refractivity contribution >= 4 is 5.97 Å². The van der Waals surface area contributed by atoms with Crippen molar-refractivity contribution in [3.8, 4) is 0 Å². The van der Waals surface area contributed by atoms with Crippen molar-refractivity contribution in [2.45, 2.75) is 58.3 Å². The molecule has 0 aromatic rings. The summed E-state index contributed by atoms with van der Waals surface area (Å²) >= 11 is 0. The number of hydrogen-bond acceptors (Lipinski definition) is 2. The van der Waals surface area contributed by atoms with Crippen LogP contribution in [-0.2, 0) is 4.79 Å². The summed E-state index contributed by atoms with van der Waals surface area (Å²) in [5.74, 6) is -0.981. The summed E-state index contributed by atoms with van der Waals surface area (Å²) in [5, 5.41) is 7.60. The maximum atomic E-state index is 9.25. The number of hydrogen-bond donors (Lipinski definition) is 1. The first-order valence-electron chi connectivity index (χ1n) is 7.04. The van der Waals surface area contributed by atoms with Gasteiger partial charge in [-0.3, -0.25) is 0 Å². The molecular formula is C15H31NO2. The van der Waals surface area contributed by atoms with Crippen LogP contribution in [0.3, 0.4) is 0 Å². The Morgan fingerprint density at radius 3 is 1.78 bits per heavy atom. The summed E-state index contributed by atoms with van der Waals surface area (Å²) in [6.45, 7) is 6.49. The number of nitrogens with zero attached hydrogens (tertiary/aromatic N) is 1. The van der Waals surface area contributed by atoms with Gasteiger partial charge in [0, 0.05) is 6.08 Å². The van der Waals surface area contributed by atoms with E-state index >= 15 is 0 Å². The van der Waals surface area contributed by atoms with Crippen molar-refractivity contribution in [3.05, 3.63) is 12.7 Å². The molecule has 18 heavy (non-hydrogen) atoms. The summed E-state index contributed by atoms with van der Waals surface area (Å²) in [6.07, 6.45) is 12.2. The fourth-order valence-corrected chi connectivity index (χ4v) is 1.56. The van der Waals surface area contributed by atoms with Crippen LogP contribution in [0.25, 0.3) is 0 Å². The maximum absolute atomic E-state index is 9.25. The van der Waals surface area contributed by atoms with Crippen LogP contribution in [0, 0.1) is 0 Å². The van der Waals surface area contributed by atoms with Gasteiger partial charge in [0.2, 0.25) is 0 Å². The number of carboxylic acid groups (broad SMARTS) is 1. The van der Waals surface area contributed by atoms with E-state index in [1.807, 2.05) is 0 Å². The van der Waals surface area contributed by atoms with Gasteiger partial charge in [-0.2, -0.15) is 0 Å². The first kappa shape index (κ1) is 19.5. The highest BCUT2D eigenvalue weighted by Gasteiger charge is 1.92. The van der Waals surface area contributed by atoms with Crippen LogP contribution in [0.15, 0.2) is 12.7 Å². The molecule has 0 unspecified atom stereocenters. The van der Waals surface area contributed by atoms with Gasteiger partial charge in [-0.1, -0.05) is 58.4 Å². The van der Waals surface area contributed by atoms with Crippen LogP contribution < -0.4 is 0 Å². The van der Waals surface area contributed by atoms with Crippen molar-refractivity contribution in [1.82, 2.24) is 4.90 Å². The largest absolute Gasteiger partial charge is 0.478 e. The molecular weight excluding hydrogens is 226 g/mol. The third-order valence-corrected chi connectivity index (χ3v) is 2.63. The molecule has 0 aliphatic carbocycles. The molecule has 1 N–H and O–H groups in total. The molecule has 0 atom stereocenters. The van der Waals surface area contributed by atoms with Crippen LogP contribution in [0.4, 0.5) is 0 Å². The van der Waals surface area contributed by atoms with E-state index in [2.05, 4.69) is 32.5 Å². The van der Waals surface area contributed by atoms with E-state index in [0.717, 1.165) is 6.08 Å². The molecule has 0 saturated carbocycles. The average Bonchev–Trinajstić information content (AvgIpc) is 2.33. The maximum Gasteiger partial charge on any atom is 0.327 e. The molecule has 0 saturated heterocycles. The number of aliphatic carboxylic acids is 1. The van der Waals surface area contributed by atoms with Crippen LogP contribution in [0.5, 0.6) is 0 Å². The van der Waals surface area contributed by atoms with E-state index in [4.69, 9.17) is 5.11 Å². The van der Waals surface area contributed by atoms with Gasteiger partial charge in [0.15, 0.2) is 0 Å². The minimum atomic E-state index is -0.981. The predicted molar refractivity (Wildman–Crippen MR) is 79.0 cm³/mol. The van der Waals surface area contributed by atoms with Crippen LogP contribution in [0.2, 0.25) is 0 Å². The van der Waals surface area contributed by atoms with Crippen LogP contribution in [-0.4, -0.2) is 36.6 Å². The summed E-state index contributed by atoms with van der Waals surface area (Å²) < 4.78 is 0. The van der Waals surface area contributed by atoms with Gasteiger partial charge in [0.05, 0.1) is 0 Å². The van der Waals surface area contributed by atoms with Gasteiger partial charge >= 0.3 is 5.97 Å². The third-order valence-electron chi connectivity index (χ3n) is 2.63. The van der Waals surface area contributed by atoms with Crippen molar-refractivity contribution < 1.29 is 9.90 Å². The topological polar surface area (TPSA) is 40.5 Å². The normalized spacial score (nSPS) is 9.78. The van der Waals surface area contributed by atoms with E-state index in [1.54, 1.807) is 0 Å². The molecule has 0 aliphatic rings. The molecule has 3 heteroatoms. The van der Waals surface area contributed by atoms with Crippen molar-refractivity contribution in [1.29, 1.82) is 0 Å². The van der Waals surface area contributed by atoms with E-state index in [9.17, 15) is 4.79 Å². The first-order chi connectivity index (χ1) is 8.54. The lowest BCUT2D eigenvalue weighted by atomic mass is 10.1. The van der Waals surface area contributed by atoms with Gasteiger partial charge in [-0.05, 0) is 27.1 Å². The smallest absolute Gasteiger partial charge is 0.327 e. The van der Waals surface area contributed by atoms with Gasteiger partial charge in [0.1, 0.15) is 0 Å². The number of rotatable bonds is 10. The minimum Gasteiger partial charge on any atom is -0.478 e. The Labute approximate surface area is 113 Å². The Morgan fingerprint density at radius 1 is 1.06 bits per heavy atom. The summed E-state index contributed by atoms with van der Waals surface area (Å²) in [6, 6.07) is 0. The minimum absolute atomic E-state index is 0.833. The summed E-state index contributed by atoms with van der Waals surface area (Å²) in [4.78, 5) is 11.5. The zero-order chi connectivity index (χ0) is 14.2. The first-order valence-corrected chi connectivity index (χ1v) is 7.04. The van der Waals surface area contributed by atoms with Gasteiger partial charge in [-0.15, -0.1) is 0 Å². The molecule has 0 bridgehead atoms. The molecule has 3 nitrogen and oxygen atoms in total. The zero-order valence-electron chi connectivity index (χ0n) is 12.5. The predicted octanol–water partition coefficient (Wildman–Crippen LogP) is 3.95. The molecule has 0 aromatic heterocycles. The SMILES string of the molecule is C=CC(=O)O.CCCCCCCCCCN(C)C. The Kier molecular flexibility index (Phi) is 17.5. The number of carboxylic acids is 1. The molecule has 0 amide bonds. The molecule has 0 aromatic carbocycles. The van der Waals surface area contributed by atoms with Gasteiger partial charge in [0.25, 0.3) is 0 Å². The second-order valence-corrected chi connectivity index (χ2v) is 4.82. The van der Waals surface area contributed by atoms with E-state index in [-0.39, 0.29) is 0 Å². The fourth-order valence-electron chi connectivity index (χ4n) is 1.56. The van der Waals surface area contributed by atoms with E-state index in [0.29, 0.717) is 0 Å². The molecule has 0 fully saturated rings. The van der Waals surface area contributed by atoms with Crippen molar-refractivity contribution in [2.75, 3.05) is 20.6 Å². The highest BCUT2D eigenvalue weighted by molar-refractivity contribution is 5.78. The number of unbranched alkanes of at least 4 members (excludes halogenated alkanes) is 7. The second-order valence-electron chi connectivity index (χ2n) is 4.82. The molecule has 0 heterocycles.